The van der Waals surface area contributed by atoms with Crippen LogP contribution in [0.5, 0.6) is 5.75 Å². The maximum absolute atomic E-state index is 12.3. The number of carbonyl (C=O) groups excluding carboxylic acids is 2. The molecule has 3 heterocycles. The Morgan fingerprint density at radius 3 is 2.78 bits per heavy atom. The van der Waals surface area contributed by atoms with Crippen LogP contribution in [0.4, 0.5) is 0 Å². The summed E-state index contributed by atoms with van der Waals surface area (Å²) in [6, 6.07) is 13.4. The second kappa shape index (κ2) is 7.32. The third kappa shape index (κ3) is 3.61. The van der Waals surface area contributed by atoms with Gasteiger partial charge < -0.3 is 10.1 Å². The summed E-state index contributed by atoms with van der Waals surface area (Å²) in [4.78, 5) is 29.0. The molecule has 1 aromatic carbocycles. The van der Waals surface area contributed by atoms with Crippen LogP contribution in [0.25, 0.3) is 11.1 Å². The lowest BCUT2D eigenvalue weighted by Gasteiger charge is -2.13. The van der Waals surface area contributed by atoms with Crippen molar-refractivity contribution in [3.8, 4) is 16.9 Å². The van der Waals surface area contributed by atoms with Crippen LogP contribution in [0.15, 0.2) is 54.9 Å². The highest BCUT2D eigenvalue weighted by Gasteiger charge is 2.26. The molecule has 136 valence electrons. The van der Waals surface area contributed by atoms with E-state index in [1.165, 1.54) is 18.3 Å². The first kappa shape index (κ1) is 17.4. The minimum absolute atomic E-state index is 0.0310. The van der Waals surface area contributed by atoms with Crippen LogP contribution in [-0.4, -0.2) is 29.3 Å². The molecular formula is C21H18N2O3S. The Balaban J connectivity index is 1.43. The number of aromatic nitrogens is 1. The molecule has 4 rings (SSSR count). The summed E-state index contributed by atoms with van der Waals surface area (Å²) in [5.74, 6) is 0.649. The van der Waals surface area contributed by atoms with E-state index in [0.717, 1.165) is 28.9 Å². The second-order valence-corrected chi connectivity index (χ2v) is 7.49. The van der Waals surface area contributed by atoms with Crippen molar-refractivity contribution in [2.24, 2.45) is 0 Å². The van der Waals surface area contributed by atoms with Gasteiger partial charge in [-0.25, -0.2) is 0 Å². The maximum Gasteiger partial charge on any atom is 0.261 e. The SMILES string of the molecule is CC(=O)c1ccc(C(=O)NCC2Cc3cccc(-c4cccnc4)c3O2)s1. The van der Waals surface area contributed by atoms with E-state index < -0.39 is 0 Å². The lowest BCUT2D eigenvalue weighted by atomic mass is 10.0. The molecule has 0 saturated heterocycles. The third-order valence-electron chi connectivity index (χ3n) is 4.47. The number of benzene rings is 1. The number of hydrogen-bond acceptors (Lipinski definition) is 5. The van der Waals surface area contributed by atoms with Crippen LogP contribution in [0.2, 0.25) is 0 Å². The van der Waals surface area contributed by atoms with E-state index in [0.29, 0.717) is 16.3 Å². The topological polar surface area (TPSA) is 68.3 Å². The van der Waals surface area contributed by atoms with E-state index in [2.05, 4.69) is 16.4 Å². The Labute approximate surface area is 161 Å². The predicted octanol–water partition coefficient (Wildman–Crippen LogP) is 3.75. The van der Waals surface area contributed by atoms with Crippen molar-refractivity contribution in [1.29, 1.82) is 0 Å². The van der Waals surface area contributed by atoms with Crippen molar-refractivity contribution >= 4 is 23.0 Å². The van der Waals surface area contributed by atoms with Gasteiger partial charge in [-0.3, -0.25) is 14.6 Å². The number of amides is 1. The molecule has 6 heteroatoms. The first-order valence-corrected chi connectivity index (χ1v) is 9.51. The molecule has 2 aromatic heterocycles. The number of nitrogens with one attached hydrogen (secondary N) is 1. The Bertz CT molecular complexity index is 998. The molecule has 1 N–H and O–H groups in total. The zero-order valence-corrected chi connectivity index (χ0v) is 15.6. The van der Waals surface area contributed by atoms with Gasteiger partial charge in [-0.2, -0.15) is 0 Å². The summed E-state index contributed by atoms with van der Waals surface area (Å²) in [6.07, 6.45) is 4.19. The van der Waals surface area contributed by atoms with Gasteiger partial charge in [0.2, 0.25) is 0 Å². The Morgan fingerprint density at radius 1 is 1.19 bits per heavy atom. The number of pyridine rings is 1. The zero-order chi connectivity index (χ0) is 18.8. The monoisotopic (exact) mass is 378 g/mol. The number of fused-ring (bicyclic) bond motifs is 1. The zero-order valence-electron chi connectivity index (χ0n) is 14.8. The molecule has 0 bridgehead atoms. The standard InChI is InChI=1S/C21H18N2O3S/c1-13(24)18-7-8-19(27-18)21(25)23-12-16-10-14-4-2-6-17(20(14)26-16)15-5-3-9-22-11-15/h2-9,11,16H,10,12H2,1H3,(H,23,25). The van der Waals surface area contributed by atoms with Gasteiger partial charge in [-0.15, -0.1) is 11.3 Å². The lowest BCUT2D eigenvalue weighted by molar-refractivity contribution is 0.0937. The molecule has 1 amide bonds. The molecule has 0 fully saturated rings. The molecule has 0 spiro atoms. The van der Waals surface area contributed by atoms with Crippen LogP contribution in [0.1, 0.15) is 31.8 Å². The number of ether oxygens (including phenoxy) is 1. The van der Waals surface area contributed by atoms with E-state index in [9.17, 15) is 9.59 Å². The number of hydrogen-bond donors (Lipinski definition) is 1. The fourth-order valence-electron chi connectivity index (χ4n) is 3.14. The quantitative estimate of drug-likeness (QED) is 0.687. The maximum atomic E-state index is 12.3. The van der Waals surface area contributed by atoms with Crippen molar-refractivity contribution in [1.82, 2.24) is 10.3 Å². The van der Waals surface area contributed by atoms with Gasteiger partial charge >= 0.3 is 0 Å². The molecule has 5 nitrogen and oxygen atoms in total. The van der Waals surface area contributed by atoms with Crippen molar-refractivity contribution in [2.75, 3.05) is 6.54 Å². The smallest absolute Gasteiger partial charge is 0.261 e. The fourth-order valence-corrected chi connectivity index (χ4v) is 3.96. The molecule has 27 heavy (non-hydrogen) atoms. The van der Waals surface area contributed by atoms with Crippen LogP contribution in [-0.2, 0) is 6.42 Å². The van der Waals surface area contributed by atoms with Crippen molar-refractivity contribution in [2.45, 2.75) is 19.4 Å². The van der Waals surface area contributed by atoms with Gasteiger partial charge in [-0.05, 0) is 30.7 Å². The second-order valence-electron chi connectivity index (χ2n) is 6.41. The molecule has 3 aromatic rings. The molecular weight excluding hydrogens is 360 g/mol. The van der Waals surface area contributed by atoms with Gasteiger partial charge in [0.1, 0.15) is 11.9 Å². The summed E-state index contributed by atoms with van der Waals surface area (Å²) >= 11 is 1.21. The average Bonchev–Trinajstić information content (AvgIpc) is 3.33. The summed E-state index contributed by atoms with van der Waals surface area (Å²) in [7, 11) is 0. The highest BCUT2D eigenvalue weighted by atomic mass is 32.1. The molecule has 1 unspecified atom stereocenters. The van der Waals surface area contributed by atoms with E-state index in [4.69, 9.17) is 4.74 Å². The largest absolute Gasteiger partial charge is 0.487 e. The van der Waals surface area contributed by atoms with E-state index in [1.807, 2.05) is 30.5 Å². The van der Waals surface area contributed by atoms with Crippen molar-refractivity contribution < 1.29 is 14.3 Å². The predicted molar refractivity (Wildman–Crippen MR) is 104 cm³/mol. The first-order chi connectivity index (χ1) is 13.1. The van der Waals surface area contributed by atoms with E-state index >= 15 is 0 Å². The van der Waals surface area contributed by atoms with Crippen LogP contribution >= 0.6 is 11.3 Å². The molecule has 1 atom stereocenters. The van der Waals surface area contributed by atoms with Crippen molar-refractivity contribution in [3.05, 3.63) is 70.2 Å². The summed E-state index contributed by atoms with van der Waals surface area (Å²) in [5, 5.41) is 2.91. The molecule has 1 aliphatic heterocycles. The Kier molecular flexibility index (Phi) is 4.73. The average molecular weight is 378 g/mol. The number of Topliss-reactive ketones (excluding diaryl/α,β-unsaturated/α-hetero) is 1. The van der Waals surface area contributed by atoms with Crippen LogP contribution < -0.4 is 10.1 Å². The van der Waals surface area contributed by atoms with Crippen molar-refractivity contribution in [3.63, 3.8) is 0 Å². The Morgan fingerprint density at radius 2 is 2.04 bits per heavy atom. The highest BCUT2D eigenvalue weighted by Crippen LogP contribution is 2.38. The highest BCUT2D eigenvalue weighted by molar-refractivity contribution is 7.15. The van der Waals surface area contributed by atoms with E-state index in [-0.39, 0.29) is 17.8 Å². The lowest BCUT2D eigenvalue weighted by Crippen LogP contribution is -2.34. The van der Waals surface area contributed by atoms with Gasteiger partial charge in [-0.1, -0.05) is 24.3 Å². The summed E-state index contributed by atoms with van der Waals surface area (Å²) in [5.41, 5.74) is 3.15. The van der Waals surface area contributed by atoms with Crippen LogP contribution in [0, 0.1) is 0 Å². The number of rotatable bonds is 5. The molecule has 1 aliphatic rings. The molecule has 0 aliphatic carbocycles. The Hall–Kier alpha value is -2.99. The number of thiophene rings is 1. The third-order valence-corrected chi connectivity index (χ3v) is 5.65. The fraction of sp³-hybridized carbons (Fsp3) is 0.190. The van der Waals surface area contributed by atoms with Crippen LogP contribution in [0.3, 0.4) is 0 Å². The van der Waals surface area contributed by atoms with Gasteiger partial charge in [0.05, 0.1) is 16.3 Å². The minimum Gasteiger partial charge on any atom is -0.487 e. The number of ketones is 1. The first-order valence-electron chi connectivity index (χ1n) is 8.70. The summed E-state index contributed by atoms with van der Waals surface area (Å²) < 4.78 is 6.13. The van der Waals surface area contributed by atoms with Gasteiger partial charge in [0, 0.05) is 29.9 Å². The van der Waals surface area contributed by atoms with E-state index in [1.54, 1.807) is 18.3 Å². The van der Waals surface area contributed by atoms with Gasteiger partial charge in [0.15, 0.2) is 5.78 Å². The number of para-hydroxylation sites is 1. The van der Waals surface area contributed by atoms with Gasteiger partial charge in [0.25, 0.3) is 5.91 Å². The number of carbonyl (C=O) groups is 2. The molecule has 0 radical (unpaired) electrons. The molecule has 0 saturated carbocycles. The normalized spacial score (nSPS) is 15.1. The minimum atomic E-state index is -0.181. The summed E-state index contributed by atoms with van der Waals surface area (Å²) in [6.45, 7) is 1.91. The number of nitrogens with zero attached hydrogens (tertiary/aromatic N) is 1.